The number of hydrogen-bond donors (Lipinski definition) is 2. The smallest absolute Gasteiger partial charge is 0.216 e. The average molecular weight is 258 g/mol. The van der Waals surface area contributed by atoms with E-state index in [9.17, 15) is 0 Å². The molecule has 6 nitrogen and oxygen atoms in total. The quantitative estimate of drug-likeness (QED) is 0.513. The van der Waals surface area contributed by atoms with Gasteiger partial charge in [-0.25, -0.2) is 4.98 Å². The van der Waals surface area contributed by atoms with Gasteiger partial charge in [0.2, 0.25) is 4.77 Å². The normalized spacial score (nSPS) is 10.9. The van der Waals surface area contributed by atoms with Crippen LogP contribution in [0.2, 0.25) is 0 Å². The molecule has 0 spiro atoms. The minimum Gasteiger partial charge on any atom is -0.399 e. The number of aromatic nitrogens is 5. The fourth-order valence-electron chi connectivity index (χ4n) is 1.67. The second-order valence-electron chi connectivity index (χ2n) is 3.91. The van der Waals surface area contributed by atoms with Crippen molar-refractivity contribution in [2.75, 3.05) is 5.73 Å². The third-order valence-corrected chi connectivity index (χ3v) is 2.88. The summed E-state index contributed by atoms with van der Waals surface area (Å²) in [5.41, 5.74) is 8.65. The number of aromatic amines is 1. The van der Waals surface area contributed by atoms with E-state index < -0.39 is 0 Å². The molecule has 0 aliphatic rings. The van der Waals surface area contributed by atoms with Crippen LogP contribution in [0.15, 0.2) is 24.3 Å². The molecule has 7 heteroatoms. The van der Waals surface area contributed by atoms with Crippen LogP contribution in [-0.2, 0) is 0 Å². The largest absolute Gasteiger partial charge is 0.399 e. The Kier molecular flexibility index (Phi) is 2.34. The SMILES string of the molecule is Cc1n[nH]c(=S)n2nc(-c3ccc(N)cc3)nc12. The number of benzene rings is 1. The lowest BCUT2D eigenvalue weighted by molar-refractivity contribution is 0.826. The van der Waals surface area contributed by atoms with Gasteiger partial charge >= 0.3 is 0 Å². The van der Waals surface area contributed by atoms with Crippen molar-refractivity contribution in [1.29, 1.82) is 0 Å². The predicted octanol–water partition coefficient (Wildman–Crippen LogP) is 1.74. The van der Waals surface area contributed by atoms with Crippen LogP contribution in [0.5, 0.6) is 0 Å². The molecule has 0 bridgehead atoms. The molecule has 0 saturated heterocycles. The fourth-order valence-corrected chi connectivity index (χ4v) is 1.84. The van der Waals surface area contributed by atoms with Crippen LogP contribution in [-0.4, -0.2) is 24.8 Å². The van der Waals surface area contributed by atoms with Crippen molar-refractivity contribution in [3.63, 3.8) is 0 Å². The Morgan fingerprint density at radius 3 is 2.67 bits per heavy atom. The summed E-state index contributed by atoms with van der Waals surface area (Å²) in [6, 6.07) is 7.37. The lowest BCUT2D eigenvalue weighted by Gasteiger charge is -1.94. The zero-order valence-electron chi connectivity index (χ0n) is 9.58. The standard InChI is InChI=1S/C11H10N6S/c1-6-10-13-9(7-2-4-8(12)5-3-7)16-17(10)11(18)15-14-6/h2-5H,12H2,1H3,(H,15,18). The maximum absolute atomic E-state index is 5.65. The summed E-state index contributed by atoms with van der Waals surface area (Å²) >= 11 is 5.12. The molecule has 0 aliphatic heterocycles. The highest BCUT2D eigenvalue weighted by Gasteiger charge is 2.09. The zero-order valence-corrected chi connectivity index (χ0v) is 10.4. The average Bonchev–Trinajstić information content (AvgIpc) is 2.81. The van der Waals surface area contributed by atoms with E-state index in [0.29, 0.717) is 21.9 Å². The molecule has 0 aliphatic carbocycles. The molecule has 2 heterocycles. The van der Waals surface area contributed by atoms with Crippen molar-refractivity contribution >= 4 is 23.6 Å². The molecule has 3 aromatic rings. The van der Waals surface area contributed by atoms with Gasteiger partial charge in [-0.05, 0) is 43.4 Å². The Bertz CT molecular complexity index is 770. The van der Waals surface area contributed by atoms with E-state index in [1.807, 2.05) is 31.2 Å². The Morgan fingerprint density at radius 1 is 1.28 bits per heavy atom. The van der Waals surface area contributed by atoms with E-state index in [-0.39, 0.29) is 0 Å². The third-order valence-electron chi connectivity index (χ3n) is 2.61. The first-order chi connectivity index (χ1) is 8.65. The van der Waals surface area contributed by atoms with Gasteiger partial charge in [0.15, 0.2) is 11.5 Å². The molecule has 0 amide bonds. The first-order valence-corrected chi connectivity index (χ1v) is 5.74. The fraction of sp³-hybridized carbons (Fsp3) is 0.0909. The number of nitrogens with one attached hydrogen (secondary N) is 1. The number of hydrogen-bond acceptors (Lipinski definition) is 5. The molecule has 0 saturated carbocycles. The van der Waals surface area contributed by atoms with Gasteiger partial charge in [-0.15, -0.1) is 5.10 Å². The Morgan fingerprint density at radius 2 is 2.00 bits per heavy atom. The molecule has 18 heavy (non-hydrogen) atoms. The summed E-state index contributed by atoms with van der Waals surface area (Å²) in [6.07, 6.45) is 0. The van der Waals surface area contributed by atoms with Gasteiger partial charge in [-0.3, -0.25) is 5.10 Å². The van der Waals surface area contributed by atoms with Crippen LogP contribution >= 0.6 is 12.2 Å². The highest BCUT2D eigenvalue weighted by Crippen LogP contribution is 2.18. The number of anilines is 1. The maximum atomic E-state index is 5.65. The molecule has 3 rings (SSSR count). The minimum atomic E-state index is 0.421. The van der Waals surface area contributed by atoms with Crippen molar-refractivity contribution in [1.82, 2.24) is 24.8 Å². The molecule has 0 atom stereocenters. The van der Waals surface area contributed by atoms with Gasteiger partial charge < -0.3 is 5.73 Å². The van der Waals surface area contributed by atoms with Crippen LogP contribution in [0.4, 0.5) is 5.69 Å². The summed E-state index contributed by atoms with van der Waals surface area (Å²) in [6.45, 7) is 1.85. The van der Waals surface area contributed by atoms with E-state index >= 15 is 0 Å². The number of rotatable bonds is 1. The highest BCUT2D eigenvalue weighted by molar-refractivity contribution is 7.71. The first-order valence-electron chi connectivity index (χ1n) is 5.33. The minimum absolute atomic E-state index is 0.421. The van der Waals surface area contributed by atoms with Gasteiger partial charge in [-0.1, -0.05) is 0 Å². The molecule has 90 valence electrons. The van der Waals surface area contributed by atoms with Gasteiger partial charge in [-0.2, -0.15) is 9.61 Å². The number of aryl methyl sites for hydroxylation is 1. The van der Waals surface area contributed by atoms with E-state index in [1.54, 1.807) is 4.52 Å². The molecular formula is C11H10N6S. The van der Waals surface area contributed by atoms with Gasteiger partial charge in [0.05, 0.1) is 0 Å². The van der Waals surface area contributed by atoms with Crippen molar-refractivity contribution < 1.29 is 0 Å². The lowest BCUT2D eigenvalue weighted by Crippen LogP contribution is -1.98. The van der Waals surface area contributed by atoms with Crippen LogP contribution in [0.25, 0.3) is 17.0 Å². The summed E-state index contributed by atoms with van der Waals surface area (Å²) in [5.74, 6) is 0.602. The van der Waals surface area contributed by atoms with E-state index in [4.69, 9.17) is 18.0 Å². The van der Waals surface area contributed by atoms with E-state index in [2.05, 4.69) is 20.3 Å². The van der Waals surface area contributed by atoms with Crippen LogP contribution in [0.3, 0.4) is 0 Å². The topological polar surface area (TPSA) is 84.9 Å². The highest BCUT2D eigenvalue weighted by atomic mass is 32.1. The lowest BCUT2D eigenvalue weighted by atomic mass is 10.2. The monoisotopic (exact) mass is 258 g/mol. The summed E-state index contributed by atoms with van der Waals surface area (Å²) in [4.78, 5) is 4.43. The molecule has 0 unspecified atom stereocenters. The maximum Gasteiger partial charge on any atom is 0.216 e. The third kappa shape index (κ3) is 1.65. The number of fused-ring (bicyclic) bond motifs is 1. The summed E-state index contributed by atoms with van der Waals surface area (Å²) in [5, 5.41) is 11.1. The van der Waals surface area contributed by atoms with Crippen LogP contribution < -0.4 is 5.73 Å². The Labute approximate surface area is 107 Å². The Hall–Kier alpha value is -2.28. The van der Waals surface area contributed by atoms with Crippen molar-refractivity contribution in [3.8, 4) is 11.4 Å². The second kappa shape index (κ2) is 3.88. The van der Waals surface area contributed by atoms with Gasteiger partial charge in [0, 0.05) is 11.3 Å². The predicted molar refractivity (Wildman–Crippen MR) is 70.6 cm³/mol. The van der Waals surface area contributed by atoms with E-state index in [1.165, 1.54) is 0 Å². The Balaban J connectivity index is 2.25. The molecular weight excluding hydrogens is 248 g/mol. The van der Waals surface area contributed by atoms with E-state index in [0.717, 1.165) is 11.3 Å². The molecule has 3 N–H and O–H groups in total. The molecule has 1 aromatic carbocycles. The summed E-state index contributed by atoms with van der Waals surface area (Å²) < 4.78 is 1.99. The number of nitrogens with two attached hydrogens (primary N) is 1. The number of H-pyrrole nitrogens is 1. The second-order valence-corrected chi connectivity index (χ2v) is 4.29. The van der Waals surface area contributed by atoms with Gasteiger partial charge in [0.25, 0.3) is 0 Å². The van der Waals surface area contributed by atoms with Gasteiger partial charge in [0.1, 0.15) is 5.69 Å². The van der Waals surface area contributed by atoms with Crippen molar-refractivity contribution in [2.24, 2.45) is 0 Å². The van der Waals surface area contributed by atoms with Crippen molar-refractivity contribution in [2.45, 2.75) is 6.92 Å². The van der Waals surface area contributed by atoms with Crippen molar-refractivity contribution in [3.05, 3.63) is 34.7 Å². The molecule has 0 fully saturated rings. The first kappa shape index (κ1) is 10.8. The summed E-state index contributed by atoms with van der Waals surface area (Å²) in [7, 11) is 0. The molecule has 0 radical (unpaired) electrons. The number of nitrogen functional groups attached to an aromatic ring is 1. The zero-order chi connectivity index (χ0) is 12.7. The molecule has 2 aromatic heterocycles. The number of nitrogens with zero attached hydrogens (tertiary/aromatic N) is 4. The van der Waals surface area contributed by atoms with Crippen LogP contribution in [0, 0.1) is 11.7 Å². The van der Waals surface area contributed by atoms with Crippen LogP contribution in [0.1, 0.15) is 5.69 Å².